The molecule has 0 saturated carbocycles. The number of fused-ring (bicyclic) bond motifs is 1. The number of halogens is 4. The van der Waals surface area contributed by atoms with Crippen molar-refractivity contribution in [3.05, 3.63) is 76.9 Å². The molecule has 1 aromatic heterocycles. The Bertz CT molecular complexity index is 1410. The second-order valence-corrected chi connectivity index (χ2v) is 10.3. The van der Waals surface area contributed by atoms with Gasteiger partial charge < -0.3 is 14.8 Å². The lowest BCUT2D eigenvalue weighted by molar-refractivity contribution is -0.141. The van der Waals surface area contributed by atoms with E-state index in [1.54, 1.807) is 25.1 Å². The van der Waals surface area contributed by atoms with Gasteiger partial charge >= 0.3 is 6.18 Å². The van der Waals surface area contributed by atoms with Gasteiger partial charge in [-0.05, 0) is 48.4 Å². The number of hydrogen-bond acceptors (Lipinski definition) is 6. The van der Waals surface area contributed by atoms with E-state index in [2.05, 4.69) is 10.4 Å². The highest BCUT2D eigenvalue weighted by Gasteiger charge is 2.36. The molecule has 37 heavy (non-hydrogen) atoms. The third-order valence-electron chi connectivity index (χ3n) is 5.72. The van der Waals surface area contributed by atoms with Gasteiger partial charge in [-0.15, -0.1) is 5.10 Å². The summed E-state index contributed by atoms with van der Waals surface area (Å²) in [6.45, 7) is 1.22. The maximum absolute atomic E-state index is 13.4. The molecule has 14 heteroatoms. The molecule has 1 atom stereocenters. The molecule has 0 spiro atoms. The van der Waals surface area contributed by atoms with Gasteiger partial charge in [0.1, 0.15) is 5.82 Å². The Hall–Kier alpha value is -3.81. The minimum Gasteiger partial charge on any atom is -0.454 e. The molecule has 1 aliphatic heterocycles. The first-order chi connectivity index (χ1) is 17.3. The molecule has 198 valence electrons. The fraction of sp³-hybridized carbons (Fsp3) is 0.304. The van der Waals surface area contributed by atoms with Crippen molar-refractivity contribution >= 4 is 15.9 Å². The molecule has 4 rings (SSSR count). The first kappa shape index (κ1) is 26.3. The number of benzene rings is 2. The molecule has 0 radical (unpaired) electrons. The van der Waals surface area contributed by atoms with Gasteiger partial charge in [-0.2, -0.15) is 22.4 Å². The number of nitrogens with one attached hydrogen (secondary N) is 1. The van der Waals surface area contributed by atoms with Crippen LogP contribution in [0.4, 0.5) is 17.6 Å². The van der Waals surface area contributed by atoms with Gasteiger partial charge in [-0.25, -0.2) is 12.8 Å². The standard InChI is InChI=1S/C23H22F4N4O5S/c1-14(16-5-8-19-20(9-16)36-13-35-19)22(32)28-11-18-10-21(23(25,26)27)29-31(18)30(2)37(33,34)12-15-3-6-17(24)7-4-15/h3-10,14H,11-13H2,1-2H3,(H,28,32). The maximum Gasteiger partial charge on any atom is 0.435 e. The molecule has 0 aliphatic carbocycles. The van der Waals surface area contributed by atoms with Crippen molar-refractivity contribution in [1.29, 1.82) is 0 Å². The first-order valence-electron chi connectivity index (χ1n) is 10.9. The van der Waals surface area contributed by atoms with Gasteiger partial charge in [0.2, 0.25) is 12.7 Å². The minimum absolute atomic E-state index is 0.0580. The Labute approximate surface area is 209 Å². The van der Waals surface area contributed by atoms with Crippen LogP contribution in [0.15, 0.2) is 48.5 Å². The largest absolute Gasteiger partial charge is 0.454 e. The van der Waals surface area contributed by atoms with Crippen LogP contribution in [0.25, 0.3) is 0 Å². The zero-order valence-electron chi connectivity index (χ0n) is 19.6. The smallest absolute Gasteiger partial charge is 0.435 e. The number of carbonyl (C=O) groups is 1. The Morgan fingerprint density at radius 2 is 1.81 bits per heavy atom. The van der Waals surface area contributed by atoms with Crippen LogP contribution in [0.5, 0.6) is 11.5 Å². The summed E-state index contributed by atoms with van der Waals surface area (Å²) in [4.78, 5) is 13.3. The molecule has 0 saturated heterocycles. The van der Waals surface area contributed by atoms with E-state index in [-0.39, 0.29) is 18.1 Å². The third kappa shape index (κ3) is 5.79. The van der Waals surface area contributed by atoms with Crippen molar-refractivity contribution in [2.75, 3.05) is 18.3 Å². The fourth-order valence-corrected chi connectivity index (χ4v) is 4.76. The summed E-state index contributed by atoms with van der Waals surface area (Å²) in [6.07, 6.45) is -4.86. The molecule has 9 nitrogen and oxygen atoms in total. The number of hydrogen-bond donors (Lipinski definition) is 1. The number of nitrogens with zero attached hydrogens (tertiary/aromatic N) is 3. The van der Waals surface area contributed by atoms with Crippen molar-refractivity contribution in [3.8, 4) is 11.5 Å². The van der Waals surface area contributed by atoms with Crippen LogP contribution in [-0.2, 0) is 33.3 Å². The molecule has 2 aromatic carbocycles. The summed E-state index contributed by atoms with van der Waals surface area (Å²) < 4.78 is 90.2. The fourth-order valence-electron chi connectivity index (χ4n) is 3.58. The van der Waals surface area contributed by atoms with Crippen molar-refractivity contribution in [2.24, 2.45) is 0 Å². The summed E-state index contributed by atoms with van der Waals surface area (Å²) in [6, 6.07) is 10.3. The second kappa shape index (κ2) is 9.92. The normalized spacial score (nSPS) is 13.9. The Morgan fingerprint density at radius 3 is 2.49 bits per heavy atom. The quantitative estimate of drug-likeness (QED) is 0.439. The third-order valence-corrected chi connectivity index (χ3v) is 7.38. The topological polar surface area (TPSA) is 103 Å². The summed E-state index contributed by atoms with van der Waals surface area (Å²) in [7, 11) is -3.20. The van der Waals surface area contributed by atoms with Crippen LogP contribution < -0.4 is 19.2 Å². The number of amides is 1. The molecule has 1 amide bonds. The highest BCUT2D eigenvalue weighted by Crippen LogP contribution is 2.34. The number of sulfonamides is 1. The van der Waals surface area contributed by atoms with E-state index in [1.165, 1.54) is 12.1 Å². The van der Waals surface area contributed by atoms with E-state index in [9.17, 15) is 30.8 Å². The Kier molecular flexibility index (Phi) is 7.04. The molecule has 1 unspecified atom stereocenters. The van der Waals surface area contributed by atoms with Crippen LogP contribution in [-0.4, -0.2) is 38.1 Å². The number of alkyl halides is 3. The maximum atomic E-state index is 13.4. The predicted molar refractivity (Wildman–Crippen MR) is 123 cm³/mol. The van der Waals surface area contributed by atoms with Gasteiger partial charge in [-0.1, -0.05) is 18.2 Å². The molecule has 2 heterocycles. The molecule has 0 fully saturated rings. The average molecular weight is 543 g/mol. The summed E-state index contributed by atoms with van der Waals surface area (Å²) >= 11 is 0. The Morgan fingerprint density at radius 1 is 1.14 bits per heavy atom. The van der Waals surface area contributed by atoms with Gasteiger partial charge in [0.15, 0.2) is 17.2 Å². The van der Waals surface area contributed by atoms with Crippen LogP contribution in [0, 0.1) is 5.82 Å². The number of rotatable bonds is 8. The van der Waals surface area contributed by atoms with Crippen molar-refractivity contribution < 1.29 is 40.2 Å². The second-order valence-electron chi connectivity index (χ2n) is 8.28. The lowest BCUT2D eigenvalue weighted by Crippen LogP contribution is -2.40. The number of ether oxygens (including phenoxy) is 2. The van der Waals surface area contributed by atoms with Gasteiger partial charge in [0.05, 0.1) is 23.9 Å². The monoisotopic (exact) mass is 542 g/mol. The van der Waals surface area contributed by atoms with E-state index < -0.39 is 51.8 Å². The minimum atomic E-state index is -4.86. The zero-order chi connectivity index (χ0) is 27.0. The number of aromatic nitrogens is 2. The van der Waals surface area contributed by atoms with Crippen LogP contribution in [0.1, 0.15) is 35.4 Å². The van der Waals surface area contributed by atoms with E-state index >= 15 is 0 Å². The first-order valence-corrected chi connectivity index (χ1v) is 12.5. The van der Waals surface area contributed by atoms with Crippen LogP contribution in [0.2, 0.25) is 0 Å². The zero-order valence-corrected chi connectivity index (χ0v) is 20.4. The molecule has 0 bridgehead atoms. The summed E-state index contributed by atoms with van der Waals surface area (Å²) in [5.41, 5.74) is -0.734. The molecule has 3 aromatic rings. The van der Waals surface area contributed by atoms with Crippen molar-refractivity contribution in [3.63, 3.8) is 0 Å². The SMILES string of the molecule is CC(C(=O)NCc1cc(C(F)(F)F)nn1N(C)S(=O)(=O)Cc1ccc(F)cc1)c1ccc2c(c1)OCO2. The summed E-state index contributed by atoms with van der Waals surface area (Å²) in [5.74, 6) is -1.39. The van der Waals surface area contributed by atoms with Crippen molar-refractivity contribution in [2.45, 2.75) is 31.3 Å². The molecular formula is C23H22F4N4O5S. The van der Waals surface area contributed by atoms with Gasteiger partial charge in [0, 0.05) is 7.05 Å². The van der Waals surface area contributed by atoms with E-state index in [1.807, 2.05) is 0 Å². The van der Waals surface area contributed by atoms with E-state index in [4.69, 9.17) is 9.47 Å². The van der Waals surface area contributed by atoms with Crippen LogP contribution >= 0.6 is 0 Å². The van der Waals surface area contributed by atoms with Gasteiger partial charge in [0.25, 0.3) is 10.0 Å². The summed E-state index contributed by atoms with van der Waals surface area (Å²) in [5, 5.41) is 5.95. The van der Waals surface area contributed by atoms with Crippen LogP contribution in [0.3, 0.4) is 0 Å². The van der Waals surface area contributed by atoms with E-state index in [0.717, 1.165) is 19.2 Å². The van der Waals surface area contributed by atoms with Crippen molar-refractivity contribution in [1.82, 2.24) is 15.2 Å². The lowest BCUT2D eigenvalue weighted by Gasteiger charge is -2.22. The highest BCUT2D eigenvalue weighted by atomic mass is 32.2. The highest BCUT2D eigenvalue weighted by molar-refractivity contribution is 7.91. The van der Waals surface area contributed by atoms with E-state index in [0.29, 0.717) is 32.3 Å². The number of carbonyl (C=O) groups excluding carboxylic acids is 1. The average Bonchev–Trinajstić information content (AvgIpc) is 3.49. The lowest BCUT2D eigenvalue weighted by atomic mass is 10.00. The Balaban J connectivity index is 1.54. The molecular weight excluding hydrogens is 520 g/mol. The molecule has 1 N–H and O–H groups in total. The molecule has 1 aliphatic rings. The van der Waals surface area contributed by atoms with Gasteiger partial charge in [-0.3, -0.25) is 4.79 Å². The predicted octanol–water partition coefficient (Wildman–Crippen LogP) is 3.29.